The second kappa shape index (κ2) is 6.62. The molecule has 2 amide bonds. The SMILES string of the molecule is CCCN1CCN(Cc2cccnc2C(N)=S)C(=O)C1=O. The van der Waals surface area contributed by atoms with Crippen molar-refractivity contribution in [3.8, 4) is 0 Å². The van der Waals surface area contributed by atoms with Crippen molar-refractivity contribution < 1.29 is 9.59 Å². The number of nitrogens with two attached hydrogens (primary N) is 1. The summed E-state index contributed by atoms with van der Waals surface area (Å²) in [6.45, 7) is 3.96. The third-order valence-electron chi connectivity index (χ3n) is 3.38. The van der Waals surface area contributed by atoms with Gasteiger partial charge in [0.25, 0.3) is 0 Å². The molecule has 1 aromatic rings. The zero-order valence-corrected chi connectivity index (χ0v) is 12.7. The average Bonchev–Trinajstić information content (AvgIpc) is 2.47. The number of aromatic nitrogens is 1. The Labute approximate surface area is 128 Å². The number of rotatable bonds is 5. The molecular formula is C14H18N4O2S. The minimum atomic E-state index is -0.479. The molecule has 2 heterocycles. The van der Waals surface area contributed by atoms with Crippen LogP contribution in [0, 0.1) is 0 Å². The molecular weight excluding hydrogens is 288 g/mol. The topological polar surface area (TPSA) is 79.5 Å². The highest BCUT2D eigenvalue weighted by molar-refractivity contribution is 7.80. The first-order chi connectivity index (χ1) is 10.0. The Bertz CT molecular complexity index is 576. The summed E-state index contributed by atoms with van der Waals surface area (Å²) < 4.78 is 0. The maximum Gasteiger partial charge on any atom is 0.312 e. The molecule has 7 heteroatoms. The molecule has 0 atom stereocenters. The number of pyridine rings is 1. The monoisotopic (exact) mass is 306 g/mol. The number of hydrogen-bond acceptors (Lipinski definition) is 4. The van der Waals surface area contributed by atoms with Crippen LogP contribution in [0.2, 0.25) is 0 Å². The molecule has 1 saturated heterocycles. The van der Waals surface area contributed by atoms with Gasteiger partial charge in [-0.1, -0.05) is 25.2 Å². The largest absolute Gasteiger partial charge is 0.388 e. The molecule has 1 aliphatic rings. The van der Waals surface area contributed by atoms with Gasteiger partial charge in [0.2, 0.25) is 0 Å². The van der Waals surface area contributed by atoms with Crippen LogP contribution in [0.25, 0.3) is 0 Å². The van der Waals surface area contributed by atoms with Crippen molar-refractivity contribution >= 4 is 29.0 Å². The molecule has 112 valence electrons. The summed E-state index contributed by atoms with van der Waals surface area (Å²) >= 11 is 4.96. The highest BCUT2D eigenvalue weighted by Gasteiger charge is 2.32. The predicted octanol–water partition coefficient (Wildman–Crippen LogP) is 0.297. The Hall–Kier alpha value is -2.02. The molecule has 0 bridgehead atoms. The molecule has 2 rings (SSSR count). The van der Waals surface area contributed by atoms with Gasteiger partial charge in [-0.15, -0.1) is 0 Å². The Morgan fingerprint density at radius 2 is 2.00 bits per heavy atom. The number of hydrogen-bond donors (Lipinski definition) is 1. The fraction of sp³-hybridized carbons (Fsp3) is 0.429. The van der Waals surface area contributed by atoms with Gasteiger partial charge in [0.15, 0.2) is 0 Å². The van der Waals surface area contributed by atoms with Crippen molar-refractivity contribution in [1.29, 1.82) is 0 Å². The lowest BCUT2D eigenvalue weighted by Crippen LogP contribution is -2.54. The maximum atomic E-state index is 12.1. The molecule has 1 aliphatic heterocycles. The van der Waals surface area contributed by atoms with Gasteiger partial charge < -0.3 is 15.5 Å². The summed E-state index contributed by atoms with van der Waals surface area (Å²) in [7, 11) is 0. The van der Waals surface area contributed by atoms with Crippen LogP contribution in [0.3, 0.4) is 0 Å². The van der Waals surface area contributed by atoms with Crippen LogP contribution in [0.5, 0.6) is 0 Å². The zero-order chi connectivity index (χ0) is 15.4. The molecule has 1 fully saturated rings. The second-order valence-electron chi connectivity index (χ2n) is 4.89. The summed E-state index contributed by atoms with van der Waals surface area (Å²) in [6.07, 6.45) is 2.44. The number of thiocarbonyl (C=S) groups is 1. The fourth-order valence-electron chi connectivity index (χ4n) is 2.34. The van der Waals surface area contributed by atoms with Gasteiger partial charge in [0, 0.05) is 37.9 Å². The van der Waals surface area contributed by atoms with E-state index in [0.29, 0.717) is 31.9 Å². The Morgan fingerprint density at radius 3 is 2.67 bits per heavy atom. The van der Waals surface area contributed by atoms with Gasteiger partial charge in [-0.25, -0.2) is 0 Å². The molecule has 0 aromatic carbocycles. The molecule has 21 heavy (non-hydrogen) atoms. The quantitative estimate of drug-likeness (QED) is 0.625. The average molecular weight is 306 g/mol. The molecule has 0 saturated carbocycles. The van der Waals surface area contributed by atoms with E-state index >= 15 is 0 Å². The maximum absolute atomic E-state index is 12.1. The lowest BCUT2D eigenvalue weighted by Gasteiger charge is -2.33. The van der Waals surface area contributed by atoms with E-state index in [-0.39, 0.29) is 4.99 Å². The van der Waals surface area contributed by atoms with E-state index in [1.165, 1.54) is 4.90 Å². The normalized spacial score (nSPS) is 15.5. The molecule has 0 aliphatic carbocycles. The van der Waals surface area contributed by atoms with Crippen LogP contribution >= 0.6 is 12.2 Å². The summed E-state index contributed by atoms with van der Waals surface area (Å²) in [5.41, 5.74) is 6.90. The first-order valence-corrected chi connectivity index (χ1v) is 7.27. The Kier molecular flexibility index (Phi) is 4.85. The highest BCUT2D eigenvalue weighted by atomic mass is 32.1. The van der Waals surface area contributed by atoms with Crippen molar-refractivity contribution in [2.45, 2.75) is 19.9 Å². The summed E-state index contributed by atoms with van der Waals surface area (Å²) in [5.74, 6) is -0.920. The van der Waals surface area contributed by atoms with E-state index in [9.17, 15) is 9.59 Å². The van der Waals surface area contributed by atoms with Gasteiger partial charge in [-0.05, 0) is 12.5 Å². The molecule has 0 unspecified atom stereocenters. The minimum absolute atomic E-state index is 0.189. The second-order valence-corrected chi connectivity index (χ2v) is 5.33. The van der Waals surface area contributed by atoms with Crippen LogP contribution in [-0.2, 0) is 16.1 Å². The lowest BCUT2D eigenvalue weighted by molar-refractivity contribution is -0.156. The van der Waals surface area contributed by atoms with Crippen molar-refractivity contribution in [2.24, 2.45) is 5.73 Å². The molecule has 1 aromatic heterocycles. The lowest BCUT2D eigenvalue weighted by atomic mass is 10.1. The molecule has 2 N–H and O–H groups in total. The van der Waals surface area contributed by atoms with E-state index in [2.05, 4.69) is 4.98 Å². The van der Waals surface area contributed by atoms with Crippen LogP contribution in [-0.4, -0.2) is 51.2 Å². The smallest absolute Gasteiger partial charge is 0.312 e. The van der Waals surface area contributed by atoms with E-state index in [4.69, 9.17) is 18.0 Å². The van der Waals surface area contributed by atoms with Gasteiger partial charge in [0.05, 0.1) is 0 Å². The van der Waals surface area contributed by atoms with Crippen molar-refractivity contribution in [1.82, 2.24) is 14.8 Å². The van der Waals surface area contributed by atoms with Crippen LogP contribution in [0.4, 0.5) is 0 Å². The number of piperazine rings is 1. The van der Waals surface area contributed by atoms with Gasteiger partial charge in [0.1, 0.15) is 10.7 Å². The predicted molar refractivity (Wildman–Crippen MR) is 82.4 cm³/mol. The van der Waals surface area contributed by atoms with E-state index in [1.54, 1.807) is 17.2 Å². The Morgan fingerprint density at radius 1 is 1.33 bits per heavy atom. The first-order valence-electron chi connectivity index (χ1n) is 6.86. The Balaban J connectivity index is 2.13. The number of carbonyl (C=O) groups excluding carboxylic acids is 2. The molecule has 6 nitrogen and oxygen atoms in total. The standard InChI is InChI=1S/C14H18N4O2S/c1-2-6-17-7-8-18(14(20)13(17)19)9-10-4-3-5-16-11(10)12(15)21/h3-5H,2,6-9H2,1H3,(H2,15,21). The van der Waals surface area contributed by atoms with Crippen LogP contribution in [0.1, 0.15) is 24.6 Å². The van der Waals surface area contributed by atoms with Crippen molar-refractivity contribution in [3.05, 3.63) is 29.6 Å². The van der Waals surface area contributed by atoms with Crippen LogP contribution in [0.15, 0.2) is 18.3 Å². The summed E-state index contributed by atoms with van der Waals surface area (Å²) in [5, 5.41) is 0. The molecule has 0 spiro atoms. The van der Waals surface area contributed by atoms with E-state index < -0.39 is 11.8 Å². The molecule has 0 radical (unpaired) electrons. The minimum Gasteiger partial charge on any atom is -0.388 e. The third-order valence-corrected chi connectivity index (χ3v) is 3.57. The van der Waals surface area contributed by atoms with Crippen molar-refractivity contribution in [2.75, 3.05) is 19.6 Å². The zero-order valence-electron chi connectivity index (χ0n) is 11.9. The summed E-state index contributed by atoms with van der Waals surface area (Å²) in [4.78, 5) is 31.6. The highest BCUT2D eigenvalue weighted by Crippen LogP contribution is 2.13. The first kappa shape index (κ1) is 15.4. The van der Waals surface area contributed by atoms with Crippen molar-refractivity contribution in [3.63, 3.8) is 0 Å². The van der Waals surface area contributed by atoms with Gasteiger partial charge in [-0.3, -0.25) is 14.6 Å². The van der Waals surface area contributed by atoms with E-state index in [1.807, 2.05) is 13.0 Å². The summed E-state index contributed by atoms with van der Waals surface area (Å²) in [6, 6.07) is 3.58. The van der Waals surface area contributed by atoms with Crippen LogP contribution < -0.4 is 5.73 Å². The number of carbonyl (C=O) groups is 2. The fourth-order valence-corrected chi connectivity index (χ4v) is 2.53. The van der Waals surface area contributed by atoms with Gasteiger partial charge >= 0.3 is 11.8 Å². The third kappa shape index (κ3) is 3.36. The number of amides is 2. The number of nitrogens with zero attached hydrogens (tertiary/aromatic N) is 3. The van der Waals surface area contributed by atoms with E-state index in [0.717, 1.165) is 12.0 Å². The van der Waals surface area contributed by atoms with Gasteiger partial charge in [-0.2, -0.15) is 0 Å².